The number of rotatable bonds is 3. The van der Waals surface area contributed by atoms with Crippen molar-refractivity contribution in [1.29, 1.82) is 0 Å². The van der Waals surface area contributed by atoms with Crippen LogP contribution in [0.5, 0.6) is 0 Å². The summed E-state index contributed by atoms with van der Waals surface area (Å²) in [6.45, 7) is 6.31. The van der Waals surface area contributed by atoms with Gasteiger partial charge in [0.05, 0.1) is 11.5 Å². The number of hydrogen-bond acceptors (Lipinski definition) is 4. The number of aromatic nitrogens is 2. The van der Waals surface area contributed by atoms with Crippen LogP contribution in [0, 0.1) is 26.7 Å². The highest BCUT2D eigenvalue weighted by Gasteiger charge is 2.32. The van der Waals surface area contributed by atoms with Gasteiger partial charge >= 0.3 is 5.97 Å². The molecule has 1 saturated heterocycles. The molecule has 1 aliphatic rings. The van der Waals surface area contributed by atoms with Crippen molar-refractivity contribution in [2.24, 2.45) is 5.92 Å². The van der Waals surface area contributed by atoms with E-state index >= 15 is 0 Å². The molecule has 2 aromatic rings. The zero-order chi connectivity index (χ0) is 16.7. The van der Waals surface area contributed by atoms with E-state index in [1.807, 2.05) is 37.5 Å². The first-order valence-electron chi connectivity index (χ1n) is 7.53. The number of hydrogen-bond donors (Lipinski definition) is 1. The molecular weight excluding hydrogens is 298 g/mol. The quantitative estimate of drug-likeness (QED) is 0.934. The fourth-order valence-corrected chi connectivity index (χ4v) is 3.11. The molecule has 0 radical (unpaired) electrons. The van der Waals surface area contributed by atoms with Crippen molar-refractivity contribution in [3.8, 4) is 5.82 Å². The Morgan fingerprint density at radius 1 is 1.30 bits per heavy atom. The Morgan fingerprint density at radius 2 is 2.04 bits per heavy atom. The van der Waals surface area contributed by atoms with Gasteiger partial charge in [0.15, 0.2) is 5.82 Å². The van der Waals surface area contributed by atoms with Crippen LogP contribution in [0.4, 0.5) is 0 Å². The van der Waals surface area contributed by atoms with Crippen molar-refractivity contribution < 1.29 is 19.2 Å². The molecule has 0 saturated carbocycles. The number of carbonyl (C=O) groups is 2. The predicted molar refractivity (Wildman–Crippen MR) is 81.7 cm³/mol. The lowest BCUT2D eigenvalue weighted by atomic mass is 10.1. The predicted octanol–water partition coefficient (Wildman–Crippen LogP) is 1.94. The third kappa shape index (κ3) is 2.62. The minimum absolute atomic E-state index is 0.131. The second kappa shape index (κ2) is 5.57. The molecule has 1 N–H and O–H groups in total. The SMILES string of the molecule is Cc1cc(-n2c(C)cc(C(=O)N3CCC(C(=O)O)C3)c2C)no1. The number of likely N-dealkylation sites (tertiary alicyclic amines) is 1. The Balaban J connectivity index is 1.90. The maximum atomic E-state index is 12.7. The summed E-state index contributed by atoms with van der Waals surface area (Å²) in [7, 11) is 0. The second-order valence-electron chi connectivity index (χ2n) is 5.99. The lowest BCUT2D eigenvalue weighted by Gasteiger charge is -2.15. The third-order valence-electron chi connectivity index (χ3n) is 4.33. The number of aliphatic carboxylic acids is 1. The lowest BCUT2D eigenvalue weighted by Crippen LogP contribution is -2.30. The summed E-state index contributed by atoms with van der Waals surface area (Å²) in [5, 5.41) is 13.1. The van der Waals surface area contributed by atoms with E-state index in [1.165, 1.54) is 0 Å². The molecule has 1 amide bonds. The fraction of sp³-hybridized carbons (Fsp3) is 0.438. The first kappa shape index (κ1) is 15.3. The van der Waals surface area contributed by atoms with Crippen LogP contribution in [-0.4, -0.2) is 44.7 Å². The Morgan fingerprint density at radius 3 is 2.61 bits per heavy atom. The number of nitrogens with zero attached hydrogens (tertiary/aromatic N) is 3. The van der Waals surface area contributed by atoms with Gasteiger partial charge in [-0.2, -0.15) is 0 Å². The van der Waals surface area contributed by atoms with Gasteiger partial charge in [0, 0.05) is 30.5 Å². The molecule has 3 rings (SSSR count). The normalized spacial score (nSPS) is 17.7. The minimum Gasteiger partial charge on any atom is -0.481 e. The maximum absolute atomic E-state index is 12.7. The van der Waals surface area contributed by atoms with Crippen LogP contribution in [0.15, 0.2) is 16.7 Å². The van der Waals surface area contributed by atoms with Gasteiger partial charge in [0.1, 0.15) is 5.76 Å². The van der Waals surface area contributed by atoms with E-state index in [0.29, 0.717) is 30.1 Å². The van der Waals surface area contributed by atoms with Gasteiger partial charge in [-0.1, -0.05) is 5.16 Å². The highest BCUT2D eigenvalue weighted by atomic mass is 16.5. The number of carboxylic acid groups (broad SMARTS) is 1. The zero-order valence-corrected chi connectivity index (χ0v) is 13.4. The van der Waals surface area contributed by atoms with Crippen molar-refractivity contribution >= 4 is 11.9 Å². The molecule has 7 heteroatoms. The van der Waals surface area contributed by atoms with Crippen LogP contribution >= 0.6 is 0 Å². The van der Waals surface area contributed by atoms with Gasteiger partial charge in [0.2, 0.25) is 0 Å². The van der Waals surface area contributed by atoms with Crippen molar-refractivity contribution in [3.05, 3.63) is 34.8 Å². The topological polar surface area (TPSA) is 88.6 Å². The van der Waals surface area contributed by atoms with Gasteiger partial charge in [-0.25, -0.2) is 0 Å². The molecule has 2 aromatic heterocycles. The first-order chi connectivity index (χ1) is 10.9. The maximum Gasteiger partial charge on any atom is 0.308 e. The van der Waals surface area contributed by atoms with E-state index in [9.17, 15) is 9.59 Å². The molecule has 0 aromatic carbocycles. The molecule has 1 atom stereocenters. The molecule has 1 unspecified atom stereocenters. The average molecular weight is 317 g/mol. The van der Waals surface area contributed by atoms with Gasteiger partial charge in [0.25, 0.3) is 5.91 Å². The van der Waals surface area contributed by atoms with Crippen molar-refractivity contribution in [2.45, 2.75) is 27.2 Å². The van der Waals surface area contributed by atoms with Crippen molar-refractivity contribution in [1.82, 2.24) is 14.6 Å². The summed E-state index contributed by atoms with van der Waals surface area (Å²) in [5.74, 6) is -0.108. The van der Waals surface area contributed by atoms with Crippen molar-refractivity contribution in [2.75, 3.05) is 13.1 Å². The van der Waals surface area contributed by atoms with Crippen LogP contribution in [-0.2, 0) is 4.79 Å². The standard InChI is InChI=1S/C16H19N3O4/c1-9-6-13(11(3)19(9)14-7-10(2)23-17-14)15(20)18-5-4-12(8-18)16(21)22/h6-7,12H,4-5,8H2,1-3H3,(H,21,22). The fourth-order valence-electron chi connectivity index (χ4n) is 3.11. The van der Waals surface area contributed by atoms with Crippen LogP contribution in [0.2, 0.25) is 0 Å². The number of aryl methyl sites for hydroxylation is 2. The molecule has 23 heavy (non-hydrogen) atoms. The summed E-state index contributed by atoms with van der Waals surface area (Å²) < 4.78 is 6.98. The van der Waals surface area contributed by atoms with Crippen molar-refractivity contribution in [3.63, 3.8) is 0 Å². The summed E-state index contributed by atoms with van der Waals surface area (Å²) in [6.07, 6.45) is 0.502. The summed E-state index contributed by atoms with van der Waals surface area (Å²) >= 11 is 0. The number of carbonyl (C=O) groups excluding carboxylic acids is 1. The Labute approximate surface area is 133 Å². The van der Waals surface area contributed by atoms with Crippen LogP contribution in [0.25, 0.3) is 5.82 Å². The van der Waals surface area contributed by atoms with E-state index in [1.54, 1.807) is 4.90 Å². The van der Waals surface area contributed by atoms with E-state index in [-0.39, 0.29) is 12.5 Å². The van der Waals surface area contributed by atoms with E-state index in [2.05, 4.69) is 5.16 Å². The molecule has 122 valence electrons. The molecule has 0 aliphatic carbocycles. The Kier molecular flexibility index (Phi) is 3.71. The van der Waals surface area contributed by atoms with Crippen LogP contribution in [0.1, 0.15) is 33.9 Å². The Hall–Kier alpha value is -2.57. The monoisotopic (exact) mass is 317 g/mol. The highest BCUT2D eigenvalue weighted by Crippen LogP contribution is 2.24. The molecular formula is C16H19N3O4. The summed E-state index contributed by atoms with van der Waals surface area (Å²) in [6, 6.07) is 3.63. The largest absolute Gasteiger partial charge is 0.481 e. The highest BCUT2D eigenvalue weighted by molar-refractivity contribution is 5.96. The molecule has 0 spiro atoms. The molecule has 1 fully saturated rings. The lowest BCUT2D eigenvalue weighted by molar-refractivity contribution is -0.141. The average Bonchev–Trinajstić information content (AvgIpc) is 3.18. The molecule has 0 bridgehead atoms. The summed E-state index contributed by atoms with van der Waals surface area (Å²) in [4.78, 5) is 25.4. The first-order valence-corrected chi connectivity index (χ1v) is 7.53. The van der Waals surface area contributed by atoms with E-state index in [0.717, 1.165) is 11.4 Å². The van der Waals surface area contributed by atoms with Gasteiger partial charge in [-0.05, 0) is 33.3 Å². The third-order valence-corrected chi connectivity index (χ3v) is 4.33. The van der Waals surface area contributed by atoms with Crippen LogP contribution in [0.3, 0.4) is 0 Å². The second-order valence-corrected chi connectivity index (χ2v) is 5.99. The molecule has 3 heterocycles. The van der Waals surface area contributed by atoms with E-state index < -0.39 is 11.9 Å². The molecule has 1 aliphatic heterocycles. The Bertz CT molecular complexity index is 774. The van der Waals surface area contributed by atoms with Crippen LogP contribution < -0.4 is 0 Å². The molecule has 7 nitrogen and oxygen atoms in total. The van der Waals surface area contributed by atoms with E-state index in [4.69, 9.17) is 9.63 Å². The number of carboxylic acids is 1. The van der Waals surface area contributed by atoms with Gasteiger partial charge < -0.3 is 14.5 Å². The number of amides is 1. The summed E-state index contributed by atoms with van der Waals surface area (Å²) in [5.41, 5.74) is 2.24. The minimum atomic E-state index is -0.844. The van der Waals surface area contributed by atoms with Gasteiger partial charge in [-0.15, -0.1) is 0 Å². The zero-order valence-electron chi connectivity index (χ0n) is 13.4. The van der Waals surface area contributed by atoms with Gasteiger partial charge in [-0.3, -0.25) is 14.2 Å². The smallest absolute Gasteiger partial charge is 0.308 e.